The zero-order valence-corrected chi connectivity index (χ0v) is 24.4. The number of nitrogens with zero attached hydrogens (tertiary/aromatic N) is 2. The minimum Gasteiger partial charge on any atom is -0.395 e. The van der Waals surface area contributed by atoms with E-state index in [4.69, 9.17) is 11.5 Å². The van der Waals surface area contributed by atoms with Gasteiger partial charge in [-0.2, -0.15) is 4.37 Å². The van der Waals surface area contributed by atoms with Gasteiger partial charge in [0, 0.05) is 11.7 Å². The van der Waals surface area contributed by atoms with E-state index < -0.39 is 17.9 Å². The van der Waals surface area contributed by atoms with E-state index in [2.05, 4.69) is 21.8 Å². The maximum Gasteiger partial charge on any atom is 0.273 e. The van der Waals surface area contributed by atoms with Crippen molar-refractivity contribution in [3.05, 3.63) is 75.8 Å². The highest BCUT2D eigenvalue weighted by Crippen LogP contribution is 2.37. The Kier molecular flexibility index (Phi) is 9.03. The number of nitrogen functional groups attached to an aromatic ring is 1. The van der Waals surface area contributed by atoms with Gasteiger partial charge < -0.3 is 16.8 Å². The second-order valence-corrected chi connectivity index (χ2v) is 12.2. The number of carbonyl (C=O) groups is 3. The molecule has 0 unspecified atom stereocenters. The molecule has 2 saturated carbocycles. The molecule has 0 bridgehead atoms. The van der Waals surface area contributed by atoms with Gasteiger partial charge in [0.05, 0.1) is 5.69 Å². The van der Waals surface area contributed by atoms with Gasteiger partial charge in [-0.15, -0.1) is 0 Å². The van der Waals surface area contributed by atoms with Gasteiger partial charge in [-0.25, -0.2) is 0 Å². The molecule has 5 rings (SSSR count). The van der Waals surface area contributed by atoms with Crippen LogP contribution in [0.5, 0.6) is 0 Å². The lowest BCUT2D eigenvalue weighted by atomic mass is 9.84. The van der Waals surface area contributed by atoms with Crippen LogP contribution < -0.4 is 21.7 Å². The van der Waals surface area contributed by atoms with Crippen LogP contribution in [0.4, 0.5) is 11.4 Å². The molecule has 1 heterocycles. The van der Waals surface area contributed by atoms with Gasteiger partial charge >= 0.3 is 0 Å². The maximum atomic E-state index is 14.4. The third kappa shape index (κ3) is 6.45. The standard InChI is InChI=1S/C32H39N5O3S/c1-20-12-14-23(15-13-20)28(31(39)35-24-10-6-3-7-11-24)37(32(40)29-26(33)27(30(34)38)36-41-29)25-18-16-22(17-19-25)21-8-4-2-5-9-21/h12-19,21,24,28H,2-11,33H2,1H3,(H2,34,38)(H,35,39)/t28-/m0/s1. The Morgan fingerprint density at radius 3 is 2.10 bits per heavy atom. The minimum atomic E-state index is -0.955. The number of nitrogens with two attached hydrogens (primary N) is 2. The largest absolute Gasteiger partial charge is 0.395 e. The fourth-order valence-electron chi connectivity index (χ4n) is 6.16. The fourth-order valence-corrected chi connectivity index (χ4v) is 6.90. The predicted molar refractivity (Wildman–Crippen MR) is 163 cm³/mol. The Morgan fingerprint density at radius 2 is 1.51 bits per heavy atom. The molecule has 2 aliphatic carbocycles. The van der Waals surface area contributed by atoms with Crippen LogP contribution in [0, 0.1) is 6.92 Å². The van der Waals surface area contributed by atoms with Crippen molar-refractivity contribution in [2.75, 3.05) is 10.6 Å². The van der Waals surface area contributed by atoms with E-state index in [1.807, 2.05) is 43.3 Å². The van der Waals surface area contributed by atoms with Crippen LogP contribution in [0.15, 0.2) is 48.5 Å². The second kappa shape index (κ2) is 12.9. The number of carbonyl (C=O) groups excluding carboxylic acids is 3. The normalized spacial score (nSPS) is 17.1. The van der Waals surface area contributed by atoms with Gasteiger partial charge in [-0.05, 0) is 73.3 Å². The zero-order chi connectivity index (χ0) is 28.9. The summed E-state index contributed by atoms with van der Waals surface area (Å²) in [5, 5.41) is 3.24. The van der Waals surface area contributed by atoms with Crippen LogP contribution in [0.2, 0.25) is 0 Å². The van der Waals surface area contributed by atoms with E-state index in [9.17, 15) is 14.4 Å². The monoisotopic (exact) mass is 573 g/mol. The summed E-state index contributed by atoms with van der Waals surface area (Å²) >= 11 is 0.825. The van der Waals surface area contributed by atoms with Crippen LogP contribution in [-0.2, 0) is 4.79 Å². The molecule has 5 N–H and O–H groups in total. The molecule has 41 heavy (non-hydrogen) atoms. The Bertz CT molecular complexity index is 1370. The molecule has 3 aromatic rings. The number of hydrogen-bond donors (Lipinski definition) is 3. The zero-order valence-electron chi connectivity index (χ0n) is 23.6. The molecule has 2 aromatic carbocycles. The summed E-state index contributed by atoms with van der Waals surface area (Å²) in [5.74, 6) is -1.04. The quantitative estimate of drug-likeness (QED) is 0.303. The summed E-state index contributed by atoms with van der Waals surface area (Å²) in [6.45, 7) is 1.98. The number of nitrogens with one attached hydrogen (secondary N) is 1. The maximum absolute atomic E-state index is 14.4. The van der Waals surface area contributed by atoms with E-state index in [-0.39, 0.29) is 28.2 Å². The summed E-state index contributed by atoms with van der Waals surface area (Å²) in [7, 11) is 0. The van der Waals surface area contributed by atoms with Crippen molar-refractivity contribution in [3.63, 3.8) is 0 Å². The molecule has 1 atom stereocenters. The Labute approximate surface area is 245 Å². The van der Waals surface area contributed by atoms with Crippen molar-refractivity contribution in [3.8, 4) is 0 Å². The van der Waals surface area contributed by atoms with E-state index in [1.54, 1.807) is 0 Å². The van der Waals surface area contributed by atoms with Crippen LogP contribution >= 0.6 is 11.5 Å². The predicted octanol–water partition coefficient (Wildman–Crippen LogP) is 6.02. The van der Waals surface area contributed by atoms with Crippen LogP contribution in [0.3, 0.4) is 0 Å². The Balaban J connectivity index is 1.58. The van der Waals surface area contributed by atoms with E-state index >= 15 is 0 Å². The first kappa shape index (κ1) is 28.8. The van der Waals surface area contributed by atoms with Crippen molar-refractivity contribution in [1.82, 2.24) is 9.69 Å². The second-order valence-electron chi connectivity index (χ2n) is 11.4. The Morgan fingerprint density at radius 1 is 0.902 bits per heavy atom. The first-order chi connectivity index (χ1) is 19.8. The third-order valence-corrected chi connectivity index (χ3v) is 9.32. The molecule has 3 amide bonds. The number of amides is 3. The number of aromatic nitrogens is 1. The highest BCUT2D eigenvalue weighted by molar-refractivity contribution is 7.09. The molecule has 0 saturated heterocycles. The smallest absolute Gasteiger partial charge is 0.273 e. The molecule has 0 spiro atoms. The topological polar surface area (TPSA) is 131 Å². The summed E-state index contributed by atoms with van der Waals surface area (Å²) in [5.41, 5.74) is 15.0. The highest BCUT2D eigenvalue weighted by Gasteiger charge is 2.37. The highest BCUT2D eigenvalue weighted by atomic mass is 32.1. The number of aryl methyl sites for hydroxylation is 1. The lowest BCUT2D eigenvalue weighted by molar-refractivity contribution is -0.123. The van der Waals surface area contributed by atoms with Crippen molar-refractivity contribution in [1.29, 1.82) is 0 Å². The van der Waals surface area contributed by atoms with Gasteiger partial charge in [0.2, 0.25) is 5.91 Å². The molecule has 9 heteroatoms. The lowest BCUT2D eigenvalue weighted by Gasteiger charge is -2.33. The average molecular weight is 574 g/mol. The van der Waals surface area contributed by atoms with Crippen molar-refractivity contribution in [2.45, 2.75) is 89.1 Å². The number of rotatable bonds is 8. The number of hydrogen-bond acceptors (Lipinski definition) is 6. The van der Waals surface area contributed by atoms with Gasteiger partial charge in [0.15, 0.2) is 5.69 Å². The fraction of sp³-hybridized carbons (Fsp3) is 0.438. The molecule has 2 fully saturated rings. The van der Waals surface area contributed by atoms with Gasteiger partial charge in [-0.1, -0.05) is 80.5 Å². The van der Waals surface area contributed by atoms with Crippen molar-refractivity contribution < 1.29 is 14.4 Å². The average Bonchev–Trinajstić information content (AvgIpc) is 3.39. The molecule has 2 aliphatic rings. The number of primary amides is 1. The SMILES string of the molecule is Cc1ccc([C@@H](C(=O)NC2CCCCC2)N(C(=O)c2snc(C(N)=O)c2N)c2ccc(C3CCCCC3)cc2)cc1. The third-order valence-electron chi connectivity index (χ3n) is 8.47. The number of benzene rings is 2. The summed E-state index contributed by atoms with van der Waals surface area (Å²) in [4.78, 5) is 42.0. The first-order valence-corrected chi connectivity index (χ1v) is 15.5. The van der Waals surface area contributed by atoms with E-state index in [1.165, 1.54) is 36.1 Å². The van der Waals surface area contributed by atoms with Gasteiger partial charge in [-0.3, -0.25) is 19.3 Å². The molecule has 0 aliphatic heterocycles. The lowest BCUT2D eigenvalue weighted by Crippen LogP contribution is -2.47. The van der Waals surface area contributed by atoms with Gasteiger partial charge in [0.1, 0.15) is 10.9 Å². The van der Waals surface area contributed by atoms with Crippen LogP contribution in [0.1, 0.15) is 113 Å². The first-order valence-electron chi connectivity index (χ1n) is 14.7. The van der Waals surface area contributed by atoms with Crippen molar-refractivity contribution >= 4 is 40.6 Å². The molecule has 1 aromatic heterocycles. The minimum absolute atomic E-state index is 0.0600. The summed E-state index contributed by atoms with van der Waals surface area (Å²) in [6, 6.07) is 14.8. The van der Waals surface area contributed by atoms with Gasteiger partial charge in [0.25, 0.3) is 11.8 Å². The summed E-state index contributed by atoms with van der Waals surface area (Å²) < 4.78 is 4.06. The van der Waals surface area contributed by atoms with Crippen molar-refractivity contribution in [2.24, 2.45) is 5.73 Å². The molecule has 8 nitrogen and oxygen atoms in total. The molecular weight excluding hydrogens is 534 g/mol. The number of anilines is 2. The van der Waals surface area contributed by atoms with E-state index in [0.717, 1.165) is 55.6 Å². The van der Waals surface area contributed by atoms with E-state index in [0.29, 0.717) is 17.2 Å². The Hall–Kier alpha value is -3.72. The molecular formula is C32H39N5O3S. The molecule has 216 valence electrons. The summed E-state index contributed by atoms with van der Waals surface area (Å²) in [6.07, 6.45) is 11.2. The molecule has 0 radical (unpaired) electrons. The van der Waals surface area contributed by atoms with Crippen LogP contribution in [0.25, 0.3) is 0 Å². The van der Waals surface area contributed by atoms with Crippen LogP contribution in [-0.4, -0.2) is 28.1 Å².